The smallest absolute Gasteiger partial charge is 0.246 e. The van der Waals surface area contributed by atoms with Gasteiger partial charge in [0.2, 0.25) is 17.6 Å². The lowest BCUT2D eigenvalue weighted by Gasteiger charge is -2.03. The van der Waals surface area contributed by atoms with Crippen molar-refractivity contribution in [2.75, 3.05) is 0 Å². The summed E-state index contributed by atoms with van der Waals surface area (Å²) in [6.07, 6.45) is 0. The number of aromatic nitrogens is 2. The number of rotatable bonds is 4. The van der Waals surface area contributed by atoms with Gasteiger partial charge in [-0.15, -0.1) is 0 Å². The van der Waals surface area contributed by atoms with Crippen LogP contribution in [0.4, 0.5) is 4.39 Å². The van der Waals surface area contributed by atoms with Gasteiger partial charge in [-0.2, -0.15) is 4.98 Å². The Morgan fingerprint density at radius 1 is 1.42 bits per heavy atom. The number of carbonyl (C=O) groups excluding carboxylic acids is 1. The highest BCUT2D eigenvalue weighted by atomic mass is 19.1. The third-order valence-corrected chi connectivity index (χ3v) is 2.52. The highest BCUT2D eigenvalue weighted by Gasteiger charge is 2.13. The van der Waals surface area contributed by atoms with E-state index in [0.717, 1.165) is 0 Å². The van der Waals surface area contributed by atoms with Crippen molar-refractivity contribution in [2.24, 2.45) is 5.92 Å². The maximum atomic E-state index is 13.5. The first-order valence-electron chi connectivity index (χ1n) is 5.93. The van der Waals surface area contributed by atoms with Gasteiger partial charge in [0, 0.05) is 5.92 Å². The van der Waals surface area contributed by atoms with E-state index in [1.165, 1.54) is 6.07 Å². The molecule has 0 aliphatic heterocycles. The van der Waals surface area contributed by atoms with E-state index in [4.69, 9.17) is 4.52 Å². The lowest BCUT2D eigenvalue weighted by molar-refractivity contribution is -0.124. The highest BCUT2D eigenvalue weighted by molar-refractivity contribution is 5.77. The van der Waals surface area contributed by atoms with Gasteiger partial charge in [0.25, 0.3) is 0 Å². The molecule has 0 aliphatic rings. The van der Waals surface area contributed by atoms with Gasteiger partial charge in [-0.1, -0.05) is 31.1 Å². The van der Waals surface area contributed by atoms with Crippen LogP contribution in [0.2, 0.25) is 0 Å². The molecule has 0 spiro atoms. The van der Waals surface area contributed by atoms with Crippen molar-refractivity contribution in [3.05, 3.63) is 36.0 Å². The Morgan fingerprint density at radius 3 is 2.84 bits per heavy atom. The van der Waals surface area contributed by atoms with Crippen LogP contribution in [0, 0.1) is 11.7 Å². The maximum Gasteiger partial charge on any atom is 0.246 e. The molecule has 1 N–H and O–H groups in total. The van der Waals surface area contributed by atoms with Crippen molar-refractivity contribution in [3.8, 4) is 11.4 Å². The second-order valence-corrected chi connectivity index (χ2v) is 4.36. The molecule has 19 heavy (non-hydrogen) atoms. The predicted molar refractivity (Wildman–Crippen MR) is 66.4 cm³/mol. The molecule has 1 aromatic heterocycles. The molecule has 0 aliphatic carbocycles. The number of halogens is 1. The van der Waals surface area contributed by atoms with Gasteiger partial charge >= 0.3 is 0 Å². The third-order valence-electron chi connectivity index (χ3n) is 2.52. The molecule has 6 heteroatoms. The Morgan fingerprint density at radius 2 is 2.16 bits per heavy atom. The summed E-state index contributed by atoms with van der Waals surface area (Å²) < 4.78 is 18.5. The van der Waals surface area contributed by atoms with E-state index in [1.54, 1.807) is 32.0 Å². The van der Waals surface area contributed by atoms with E-state index in [1.807, 2.05) is 0 Å². The lowest BCUT2D eigenvalue weighted by Crippen LogP contribution is -2.27. The minimum absolute atomic E-state index is 0.106. The van der Waals surface area contributed by atoms with Gasteiger partial charge in [-0.25, -0.2) is 4.39 Å². The number of amides is 1. The second kappa shape index (κ2) is 5.60. The summed E-state index contributed by atoms with van der Waals surface area (Å²) in [5, 5.41) is 6.34. The van der Waals surface area contributed by atoms with Crippen molar-refractivity contribution in [1.29, 1.82) is 0 Å². The highest BCUT2D eigenvalue weighted by Crippen LogP contribution is 2.18. The van der Waals surface area contributed by atoms with Crippen LogP contribution < -0.4 is 5.32 Å². The number of hydrogen-bond acceptors (Lipinski definition) is 4. The summed E-state index contributed by atoms with van der Waals surface area (Å²) >= 11 is 0. The molecular weight excluding hydrogens is 249 g/mol. The zero-order valence-electron chi connectivity index (χ0n) is 10.7. The van der Waals surface area contributed by atoms with Crippen LogP contribution in [0.3, 0.4) is 0 Å². The molecule has 0 radical (unpaired) electrons. The van der Waals surface area contributed by atoms with Crippen LogP contribution in [0.5, 0.6) is 0 Å². The Hall–Kier alpha value is -2.24. The van der Waals surface area contributed by atoms with E-state index >= 15 is 0 Å². The molecular formula is C13H14FN3O2. The van der Waals surface area contributed by atoms with Gasteiger partial charge in [0.15, 0.2) is 0 Å². The summed E-state index contributed by atoms with van der Waals surface area (Å²) in [7, 11) is 0. The van der Waals surface area contributed by atoms with E-state index in [0.29, 0.717) is 0 Å². The number of nitrogens with one attached hydrogen (secondary N) is 1. The van der Waals surface area contributed by atoms with E-state index in [-0.39, 0.29) is 35.6 Å². The molecule has 5 nitrogen and oxygen atoms in total. The second-order valence-electron chi connectivity index (χ2n) is 4.36. The van der Waals surface area contributed by atoms with Gasteiger partial charge in [0.1, 0.15) is 5.82 Å². The molecule has 1 amide bonds. The van der Waals surface area contributed by atoms with E-state index in [9.17, 15) is 9.18 Å². The van der Waals surface area contributed by atoms with Gasteiger partial charge in [-0.3, -0.25) is 4.79 Å². The Labute approximate surface area is 109 Å². The fourth-order valence-corrected chi connectivity index (χ4v) is 1.45. The molecule has 2 rings (SSSR count). The maximum absolute atomic E-state index is 13.5. The van der Waals surface area contributed by atoms with Crippen molar-refractivity contribution < 1.29 is 13.7 Å². The first-order valence-corrected chi connectivity index (χ1v) is 5.93. The number of carbonyl (C=O) groups is 1. The molecule has 1 heterocycles. The van der Waals surface area contributed by atoms with E-state index < -0.39 is 5.82 Å². The molecule has 0 fully saturated rings. The van der Waals surface area contributed by atoms with Crippen molar-refractivity contribution >= 4 is 5.91 Å². The normalized spacial score (nSPS) is 10.7. The summed E-state index contributed by atoms with van der Waals surface area (Å²) in [5.74, 6) is -0.222. The Kier molecular flexibility index (Phi) is 3.89. The summed E-state index contributed by atoms with van der Waals surface area (Å²) in [4.78, 5) is 15.4. The molecule has 2 aromatic rings. The standard InChI is InChI=1S/C13H14FN3O2/c1-8(2)13(18)15-7-11-16-12(17-19-11)9-5-3-4-6-10(9)14/h3-6,8H,7H2,1-2H3,(H,15,18). The van der Waals surface area contributed by atoms with Gasteiger partial charge in [-0.05, 0) is 12.1 Å². The zero-order valence-corrected chi connectivity index (χ0v) is 10.7. The number of nitrogens with zero attached hydrogens (tertiary/aromatic N) is 2. The quantitative estimate of drug-likeness (QED) is 0.917. The minimum Gasteiger partial charge on any atom is -0.347 e. The summed E-state index contributed by atoms with van der Waals surface area (Å²) in [6, 6.07) is 6.17. The molecule has 1 aromatic carbocycles. The van der Waals surface area contributed by atoms with Crippen LogP contribution in [-0.2, 0) is 11.3 Å². The van der Waals surface area contributed by atoms with Crippen molar-refractivity contribution in [1.82, 2.24) is 15.5 Å². The molecule has 0 saturated heterocycles. The topological polar surface area (TPSA) is 68.0 Å². The first kappa shape index (κ1) is 13.2. The largest absolute Gasteiger partial charge is 0.347 e. The monoisotopic (exact) mass is 263 g/mol. The average molecular weight is 263 g/mol. The number of benzene rings is 1. The Bertz CT molecular complexity index is 581. The predicted octanol–water partition coefficient (Wildman–Crippen LogP) is 2.15. The zero-order chi connectivity index (χ0) is 13.8. The van der Waals surface area contributed by atoms with Gasteiger partial charge in [0.05, 0.1) is 12.1 Å². The molecule has 0 bridgehead atoms. The van der Waals surface area contributed by atoms with Crippen LogP contribution in [-0.4, -0.2) is 16.0 Å². The fraction of sp³-hybridized carbons (Fsp3) is 0.308. The van der Waals surface area contributed by atoms with Crippen LogP contribution in [0.15, 0.2) is 28.8 Å². The SMILES string of the molecule is CC(C)C(=O)NCc1nc(-c2ccccc2F)no1. The molecule has 0 unspecified atom stereocenters. The number of hydrogen-bond donors (Lipinski definition) is 1. The summed E-state index contributed by atoms with van der Waals surface area (Å²) in [5.41, 5.74) is 0.271. The summed E-state index contributed by atoms with van der Waals surface area (Å²) in [6.45, 7) is 3.71. The lowest BCUT2D eigenvalue weighted by atomic mass is 10.2. The fourth-order valence-electron chi connectivity index (χ4n) is 1.45. The average Bonchev–Trinajstić information content (AvgIpc) is 2.85. The third kappa shape index (κ3) is 3.15. The first-order chi connectivity index (χ1) is 9.08. The Balaban J connectivity index is 2.08. The minimum atomic E-state index is -0.416. The van der Waals surface area contributed by atoms with Crippen LogP contribution in [0.25, 0.3) is 11.4 Å². The van der Waals surface area contributed by atoms with Crippen LogP contribution >= 0.6 is 0 Å². The van der Waals surface area contributed by atoms with Gasteiger partial charge < -0.3 is 9.84 Å². The molecule has 0 saturated carbocycles. The molecule has 0 atom stereocenters. The van der Waals surface area contributed by atoms with Crippen molar-refractivity contribution in [3.63, 3.8) is 0 Å². The van der Waals surface area contributed by atoms with Crippen LogP contribution in [0.1, 0.15) is 19.7 Å². The van der Waals surface area contributed by atoms with Crippen molar-refractivity contribution in [2.45, 2.75) is 20.4 Å². The molecule has 100 valence electrons. The van der Waals surface area contributed by atoms with E-state index in [2.05, 4.69) is 15.5 Å².